The third kappa shape index (κ3) is 2.81. The van der Waals surface area contributed by atoms with Gasteiger partial charge < -0.3 is 14.8 Å². The first-order chi connectivity index (χ1) is 10.5. The van der Waals surface area contributed by atoms with Crippen molar-refractivity contribution in [2.45, 2.75) is 19.8 Å². The maximum atomic E-state index is 12.3. The van der Waals surface area contributed by atoms with Crippen LogP contribution in [0.2, 0.25) is 0 Å². The van der Waals surface area contributed by atoms with Crippen LogP contribution in [0.5, 0.6) is 0 Å². The normalized spacial score (nSPS) is 16.0. The molecule has 1 N–H and O–H groups in total. The number of carbonyl (C=O) groups excluding carboxylic acids is 2. The number of aryl methyl sites for hydroxylation is 1. The molecule has 116 valence electrons. The van der Waals surface area contributed by atoms with E-state index < -0.39 is 0 Å². The minimum absolute atomic E-state index is 0.0264. The van der Waals surface area contributed by atoms with Gasteiger partial charge in [0.15, 0.2) is 0 Å². The predicted octanol–water partition coefficient (Wildman–Crippen LogP) is 1.77. The molecule has 1 aliphatic heterocycles. The summed E-state index contributed by atoms with van der Waals surface area (Å²) < 4.78 is 1.94. The average Bonchev–Trinajstić information content (AvgIpc) is 2.88. The molecule has 2 amide bonds. The molecule has 6 nitrogen and oxygen atoms in total. The van der Waals surface area contributed by atoms with Crippen LogP contribution < -0.4 is 5.32 Å². The average molecular weight is 300 g/mol. The Labute approximate surface area is 129 Å². The second kappa shape index (κ2) is 5.79. The molecule has 1 saturated heterocycles. The summed E-state index contributed by atoms with van der Waals surface area (Å²) in [6, 6.07) is 5.74. The molecule has 1 aromatic heterocycles. The van der Waals surface area contributed by atoms with E-state index in [4.69, 9.17) is 0 Å². The lowest BCUT2D eigenvalue weighted by molar-refractivity contribution is -0.132. The number of nitrogens with one attached hydrogen (secondary N) is 1. The monoisotopic (exact) mass is 300 g/mol. The van der Waals surface area contributed by atoms with Gasteiger partial charge in [0, 0.05) is 38.7 Å². The Morgan fingerprint density at radius 2 is 2.00 bits per heavy atom. The zero-order chi connectivity index (χ0) is 15.7. The molecule has 2 heterocycles. The lowest BCUT2D eigenvalue weighted by Crippen LogP contribution is -2.40. The summed E-state index contributed by atoms with van der Waals surface area (Å²) in [7, 11) is 1.94. The fourth-order valence-corrected chi connectivity index (χ4v) is 2.91. The molecule has 0 atom stereocenters. The number of nitrogens with zero attached hydrogens (tertiary/aromatic N) is 3. The Bertz CT molecular complexity index is 714. The van der Waals surface area contributed by atoms with Crippen LogP contribution in [0.4, 0.5) is 5.69 Å². The van der Waals surface area contributed by atoms with Crippen LogP contribution in [0.15, 0.2) is 24.5 Å². The summed E-state index contributed by atoms with van der Waals surface area (Å²) in [6.07, 6.45) is 3.20. The van der Waals surface area contributed by atoms with Crippen LogP contribution in [0.3, 0.4) is 0 Å². The molecule has 1 fully saturated rings. The number of fused-ring (bicyclic) bond motifs is 1. The quantitative estimate of drug-likeness (QED) is 0.919. The van der Waals surface area contributed by atoms with Crippen LogP contribution in [0.25, 0.3) is 11.0 Å². The fourth-order valence-electron chi connectivity index (χ4n) is 2.91. The van der Waals surface area contributed by atoms with E-state index in [0.29, 0.717) is 13.1 Å². The number of anilines is 1. The first kappa shape index (κ1) is 14.6. The zero-order valence-electron chi connectivity index (χ0n) is 12.9. The van der Waals surface area contributed by atoms with Gasteiger partial charge >= 0.3 is 0 Å². The highest BCUT2D eigenvalue weighted by Gasteiger charge is 2.26. The largest absolute Gasteiger partial charge is 0.343 e. The van der Waals surface area contributed by atoms with Crippen molar-refractivity contribution in [1.82, 2.24) is 14.5 Å². The van der Waals surface area contributed by atoms with Gasteiger partial charge in [-0.3, -0.25) is 9.59 Å². The number of rotatable bonds is 2. The van der Waals surface area contributed by atoms with E-state index in [2.05, 4.69) is 10.3 Å². The van der Waals surface area contributed by atoms with Crippen molar-refractivity contribution >= 4 is 28.5 Å². The summed E-state index contributed by atoms with van der Waals surface area (Å²) in [5.74, 6) is 0.0768. The van der Waals surface area contributed by atoms with Crippen LogP contribution in [0, 0.1) is 5.92 Å². The standard InChI is InChI=1S/C16H20N4O2/c1-11(21)20-7-5-12(6-8-20)16(22)18-13-3-4-15-14(9-13)17-10-19(15)2/h3-4,9-10,12H,5-8H2,1-2H3,(H,18,22). The Morgan fingerprint density at radius 1 is 1.27 bits per heavy atom. The van der Waals surface area contributed by atoms with Crippen molar-refractivity contribution in [3.05, 3.63) is 24.5 Å². The molecule has 0 unspecified atom stereocenters. The van der Waals surface area contributed by atoms with Crippen LogP contribution >= 0.6 is 0 Å². The van der Waals surface area contributed by atoms with Gasteiger partial charge in [-0.25, -0.2) is 4.98 Å². The first-order valence-corrected chi connectivity index (χ1v) is 7.52. The molecule has 0 bridgehead atoms. The molecule has 0 radical (unpaired) electrons. The second-order valence-electron chi connectivity index (χ2n) is 5.83. The third-order valence-corrected chi connectivity index (χ3v) is 4.30. The molecule has 0 saturated carbocycles. The van der Waals surface area contributed by atoms with Crippen molar-refractivity contribution in [2.24, 2.45) is 13.0 Å². The van der Waals surface area contributed by atoms with E-state index in [1.807, 2.05) is 29.8 Å². The highest BCUT2D eigenvalue weighted by Crippen LogP contribution is 2.21. The summed E-state index contributed by atoms with van der Waals surface area (Å²) in [6.45, 7) is 2.89. The first-order valence-electron chi connectivity index (χ1n) is 7.52. The van der Waals surface area contributed by atoms with Crippen molar-refractivity contribution < 1.29 is 9.59 Å². The van der Waals surface area contributed by atoms with Crippen molar-refractivity contribution in [1.29, 1.82) is 0 Å². The molecule has 22 heavy (non-hydrogen) atoms. The maximum absolute atomic E-state index is 12.3. The topological polar surface area (TPSA) is 67.2 Å². The lowest BCUT2D eigenvalue weighted by atomic mass is 9.96. The number of likely N-dealkylation sites (tertiary alicyclic amines) is 1. The zero-order valence-corrected chi connectivity index (χ0v) is 12.9. The number of hydrogen-bond donors (Lipinski definition) is 1. The number of carbonyl (C=O) groups is 2. The van der Waals surface area contributed by atoms with Crippen LogP contribution in [-0.2, 0) is 16.6 Å². The molecule has 1 aliphatic rings. The molecule has 2 aromatic rings. The van der Waals surface area contributed by atoms with E-state index in [1.165, 1.54) is 0 Å². The molecular formula is C16H20N4O2. The van der Waals surface area contributed by atoms with Gasteiger partial charge in [0.05, 0.1) is 17.4 Å². The van der Waals surface area contributed by atoms with Crippen molar-refractivity contribution in [2.75, 3.05) is 18.4 Å². The Balaban J connectivity index is 1.64. The van der Waals surface area contributed by atoms with Gasteiger partial charge in [-0.15, -0.1) is 0 Å². The van der Waals surface area contributed by atoms with Gasteiger partial charge in [-0.1, -0.05) is 0 Å². The Kier molecular flexibility index (Phi) is 3.83. The molecule has 0 aliphatic carbocycles. The van der Waals surface area contributed by atoms with E-state index in [0.717, 1.165) is 29.6 Å². The summed E-state index contributed by atoms with van der Waals surface area (Å²) in [5, 5.41) is 2.97. The molecule has 0 spiro atoms. The minimum Gasteiger partial charge on any atom is -0.343 e. The van der Waals surface area contributed by atoms with Gasteiger partial charge in [0.2, 0.25) is 11.8 Å². The van der Waals surface area contributed by atoms with Gasteiger partial charge in [0.1, 0.15) is 0 Å². The number of hydrogen-bond acceptors (Lipinski definition) is 3. The number of amides is 2. The van der Waals surface area contributed by atoms with E-state index in [1.54, 1.807) is 18.2 Å². The SMILES string of the molecule is CC(=O)N1CCC(C(=O)Nc2ccc3c(c2)ncn3C)CC1. The van der Waals surface area contributed by atoms with Crippen molar-refractivity contribution in [3.8, 4) is 0 Å². The van der Waals surface area contributed by atoms with Gasteiger partial charge in [0.25, 0.3) is 0 Å². The summed E-state index contributed by atoms with van der Waals surface area (Å²) in [4.78, 5) is 29.7. The van der Waals surface area contributed by atoms with Crippen LogP contribution in [-0.4, -0.2) is 39.4 Å². The third-order valence-electron chi connectivity index (χ3n) is 4.30. The molecule has 6 heteroatoms. The molecular weight excluding hydrogens is 280 g/mol. The van der Waals surface area contributed by atoms with Crippen molar-refractivity contribution in [3.63, 3.8) is 0 Å². The lowest BCUT2D eigenvalue weighted by Gasteiger charge is -2.30. The highest BCUT2D eigenvalue weighted by molar-refractivity contribution is 5.94. The predicted molar refractivity (Wildman–Crippen MR) is 84.3 cm³/mol. The number of benzene rings is 1. The number of imidazole rings is 1. The number of piperidine rings is 1. The van der Waals surface area contributed by atoms with E-state index in [-0.39, 0.29) is 17.7 Å². The van der Waals surface area contributed by atoms with Gasteiger partial charge in [-0.05, 0) is 31.0 Å². The molecule has 3 rings (SSSR count). The maximum Gasteiger partial charge on any atom is 0.227 e. The number of aromatic nitrogens is 2. The minimum atomic E-state index is -0.0324. The molecule has 1 aromatic carbocycles. The smallest absolute Gasteiger partial charge is 0.227 e. The Morgan fingerprint density at radius 3 is 2.68 bits per heavy atom. The highest BCUT2D eigenvalue weighted by atomic mass is 16.2. The van der Waals surface area contributed by atoms with E-state index >= 15 is 0 Å². The fraction of sp³-hybridized carbons (Fsp3) is 0.438. The Hall–Kier alpha value is -2.37. The van der Waals surface area contributed by atoms with Gasteiger partial charge in [-0.2, -0.15) is 0 Å². The summed E-state index contributed by atoms with van der Waals surface area (Å²) >= 11 is 0. The van der Waals surface area contributed by atoms with Crippen LogP contribution in [0.1, 0.15) is 19.8 Å². The second-order valence-corrected chi connectivity index (χ2v) is 5.83. The summed E-state index contributed by atoms with van der Waals surface area (Å²) in [5.41, 5.74) is 2.67. The van der Waals surface area contributed by atoms with E-state index in [9.17, 15) is 9.59 Å².